The quantitative estimate of drug-likeness (QED) is 0.282. The number of nitrogens with zero attached hydrogens (tertiary/aromatic N) is 3. The molecule has 1 atom stereocenters. The second kappa shape index (κ2) is 12.5. The minimum atomic E-state index is -0.701. The third-order valence-corrected chi connectivity index (χ3v) is 9.16. The minimum Gasteiger partial charge on any atom is -0.496 e. The maximum atomic E-state index is 14.0. The first-order valence-corrected chi connectivity index (χ1v) is 15.9. The molecule has 2 aliphatic heterocycles. The van der Waals surface area contributed by atoms with Gasteiger partial charge in [0.15, 0.2) is 4.80 Å². The first-order valence-electron chi connectivity index (χ1n) is 13.5. The molecule has 0 saturated carbocycles. The molecule has 0 radical (unpaired) electrons. The zero-order valence-corrected chi connectivity index (χ0v) is 26.7. The lowest BCUT2D eigenvalue weighted by Gasteiger charge is -2.26. The summed E-state index contributed by atoms with van der Waals surface area (Å²) in [6, 6.07) is 6.76. The van der Waals surface area contributed by atoms with E-state index in [9.17, 15) is 9.59 Å². The highest BCUT2D eigenvalue weighted by Gasteiger charge is 2.34. The number of aromatic nitrogens is 1. The molecule has 0 unspecified atom stereocenters. The monoisotopic (exact) mass is 691 g/mol. The Morgan fingerprint density at radius 3 is 2.62 bits per heavy atom. The molecule has 0 N–H and O–H groups in total. The van der Waals surface area contributed by atoms with Crippen LogP contribution < -0.4 is 24.5 Å². The Morgan fingerprint density at radius 1 is 1.18 bits per heavy atom. The van der Waals surface area contributed by atoms with Crippen molar-refractivity contribution in [3.05, 3.63) is 75.5 Å². The van der Waals surface area contributed by atoms with Crippen LogP contribution in [0, 0.1) is 0 Å². The van der Waals surface area contributed by atoms with Crippen LogP contribution in [0.15, 0.2) is 58.7 Å². The van der Waals surface area contributed by atoms with Gasteiger partial charge in [-0.3, -0.25) is 9.36 Å². The van der Waals surface area contributed by atoms with Crippen molar-refractivity contribution in [3.63, 3.8) is 0 Å². The topological polar surface area (TPSA) is 86.3 Å². The lowest BCUT2D eigenvalue weighted by atomic mass is 9.94. The fraction of sp³-hybridized carbons (Fsp3) is 0.414. The average Bonchev–Trinajstić information content (AvgIpc) is 3.47. The molecule has 0 aliphatic carbocycles. The molecule has 2 aromatic heterocycles. The number of piperidine rings is 1. The number of hydrogen-bond donors (Lipinski definition) is 0. The zero-order valence-electron chi connectivity index (χ0n) is 22.7. The van der Waals surface area contributed by atoms with E-state index in [0.29, 0.717) is 38.5 Å². The lowest BCUT2D eigenvalue weighted by molar-refractivity contribution is -0.139. The number of thiazole rings is 1. The van der Waals surface area contributed by atoms with Crippen molar-refractivity contribution in [1.82, 2.24) is 4.57 Å². The van der Waals surface area contributed by atoms with Gasteiger partial charge in [0.1, 0.15) is 11.5 Å². The minimum absolute atomic E-state index is 0.220. The Balaban J connectivity index is 1.67. The van der Waals surface area contributed by atoms with Crippen LogP contribution in [0.3, 0.4) is 0 Å². The molecular formula is C29H31Br2N3O5S. The van der Waals surface area contributed by atoms with Crippen molar-refractivity contribution in [1.29, 1.82) is 0 Å². The van der Waals surface area contributed by atoms with Crippen molar-refractivity contribution >= 4 is 61.1 Å². The normalized spacial score (nSPS) is 17.6. The largest absolute Gasteiger partial charge is 0.496 e. The van der Waals surface area contributed by atoms with Crippen LogP contribution in [0.2, 0.25) is 0 Å². The van der Waals surface area contributed by atoms with Gasteiger partial charge in [-0.05, 0) is 82.2 Å². The summed E-state index contributed by atoms with van der Waals surface area (Å²) in [4.78, 5) is 35.0. The maximum absolute atomic E-state index is 14.0. The number of allylic oxidation sites excluding steroid dienone is 1. The van der Waals surface area contributed by atoms with E-state index in [1.165, 1.54) is 17.8 Å². The number of methoxy groups -OCH3 is 1. The van der Waals surface area contributed by atoms with Gasteiger partial charge in [-0.1, -0.05) is 30.7 Å². The second-order valence-corrected chi connectivity index (χ2v) is 12.4. The van der Waals surface area contributed by atoms with Crippen LogP contribution in [0.25, 0.3) is 6.08 Å². The number of carbonyl (C=O) groups is 1. The predicted octanol–water partition coefficient (Wildman–Crippen LogP) is 5.70. The smallest absolute Gasteiger partial charge is 0.338 e. The van der Waals surface area contributed by atoms with E-state index < -0.39 is 12.0 Å². The van der Waals surface area contributed by atoms with E-state index in [4.69, 9.17) is 18.9 Å². The van der Waals surface area contributed by atoms with E-state index >= 15 is 0 Å². The molecule has 2 aliphatic rings. The van der Waals surface area contributed by atoms with Gasteiger partial charge < -0.3 is 18.8 Å². The van der Waals surface area contributed by atoms with E-state index in [1.807, 2.05) is 31.2 Å². The lowest BCUT2D eigenvalue weighted by Crippen LogP contribution is -2.40. The molecule has 4 heterocycles. The molecule has 1 saturated heterocycles. The van der Waals surface area contributed by atoms with Gasteiger partial charge in [-0.15, -0.1) is 0 Å². The maximum Gasteiger partial charge on any atom is 0.338 e. The van der Waals surface area contributed by atoms with Crippen molar-refractivity contribution in [2.45, 2.75) is 52.0 Å². The van der Waals surface area contributed by atoms with Crippen LogP contribution in [0.5, 0.6) is 5.75 Å². The van der Waals surface area contributed by atoms with Crippen LogP contribution in [-0.4, -0.2) is 37.3 Å². The highest BCUT2D eigenvalue weighted by atomic mass is 79.9. The van der Waals surface area contributed by atoms with Crippen molar-refractivity contribution < 1.29 is 18.7 Å². The molecule has 8 nitrogen and oxygen atoms in total. The predicted molar refractivity (Wildman–Crippen MR) is 163 cm³/mol. The molecule has 0 amide bonds. The zero-order chi connectivity index (χ0) is 28.4. The van der Waals surface area contributed by atoms with Crippen molar-refractivity contribution in [2.24, 2.45) is 4.99 Å². The molecule has 212 valence electrons. The fourth-order valence-electron chi connectivity index (χ4n) is 5.18. The van der Waals surface area contributed by atoms with Gasteiger partial charge in [-0.2, -0.15) is 0 Å². The summed E-state index contributed by atoms with van der Waals surface area (Å²) in [6.07, 6.45) is 6.61. The third kappa shape index (κ3) is 5.60. The molecule has 1 aromatic carbocycles. The highest BCUT2D eigenvalue weighted by molar-refractivity contribution is 9.11. The van der Waals surface area contributed by atoms with Gasteiger partial charge in [0.05, 0.1) is 44.5 Å². The molecular weight excluding hydrogens is 662 g/mol. The third-order valence-electron chi connectivity index (χ3n) is 6.99. The molecule has 11 heteroatoms. The Hall–Kier alpha value is -2.63. The number of esters is 1. The molecule has 0 bridgehead atoms. The molecule has 1 fully saturated rings. The number of rotatable bonds is 8. The van der Waals surface area contributed by atoms with E-state index in [-0.39, 0.29) is 12.2 Å². The number of carbonyl (C=O) groups excluding carboxylic acids is 1. The number of halogens is 2. The molecule has 40 heavy (non-hydrogen) atoms. The molecule has 5 rings (SSSR count). The van der Waals surface area contributed by atoms with Crippen molar-refractivity contribution in [2.75, 3.05) is 31.7 Å². The Kier molecular flexibility index (Phi) is 9.01. The van der Waals surface area contributed by atoms with E-state index in [0.717, 1.165) is 52.7 Å². The number of ether oxygens (including phenoxy) is 2. The van der Waals surface area contributed by atoms with Gasteiger partial charge in [0, 0.05) is 25.2 Å². The number of fused-ring (bicyclic) bond motifs is 1. The Bertz CT molecular complexity index is 1630. The highest BCUT2D eigenvalue weighted by Crippen LogP contribution is 2.36. The summed E-state index contributed by atoms with van der Waals surface area (Å²) in [6.45, 7) is 5.92. The van der Waals surface area contributed by atoms with E-state index in [2.05, 4.69) is 36.8 Å². The Labute approximate surface area is 253 Å². The van der Waals surface area contributed by atoms with Gasteiger partial charge in [0.25, 0.3) is 5.56 Å². The summed E-state index contributed by atoms with van der Waals surface area (Å²) in [5, 5.41) is 0. The van der Waals surface area contributed by atoms with Crippen LogP contribution in [0.4, 0.5) is 5.88 Å². The average molecular weight is 693 g/mol. The Morgan fingerprint density at radius 2 is 1.95 bits per heavy atom. The fourth-order valence-corrected chi connectivity index (χ4v) is 7.29. The summed E-state index contributed by atoms with van der Waals surface area (Å²) in [5.74, 6) is 1.55. The van der Waals surface area contributed by atoms with Crippen LogP contribution in [0.1, 0.15) is 63.3 Å². The van der Waals surface area contributed by atoms with Gasteiger partial charge in [0.2, 0.25) is 5.88 Å². The standard InChI is InChI=1S/C29H31Br2N3O5S/c1-4-9-21-24(28(36)38-5-2)25(17-10-11-22(37-3)19(30)14-17)34-26(35)23(40-29(34)32-21)16-18-15-20(31)27(39-18)33-12-7-6-8-13-33/h10-11,14-16,25H,4-9,12-13H2,1-3H3/b23-16+/t25-/m0/s1. The SMILES string of the molecule is CCCC1=C(C(=O)OCC)[C@H](c2ccc(OC)c(Br)c2)n2c(s/c(=C/c3cc(Br)c(N4CCCCC4)o3)c2=O)=N1. The number of anilines is 1. The number of benzene rings is 1. The van der Waals surface area contributed by atoms with Gasteiger partial charge >= 0.3 is 5.97 Å². The summed E-state index contributed by atoms with van der Waals surface area (Å²) in [7, 11) is 1.59. The summed E-state index contributed by atoms with van der Waals surface area (Å²) >= 11 is 8.49. The molecule has 3 aromatic rings. The van der Waals surface area contributed by atoms with Crippen LogP contribution >= 0.6 is 43.2 Å². The number of hydrogen-bond acceptors (Lipinski definition) is 8. The molecule has 0 spiro atoms. The van der Waals surface area contributed by atoms with Gasteiger partial charge in [-0.25, -0.2) is 9.79 Å². The van der Waals surface area contributed by atoms with Crippen LogP contribution in [-0.2, 0) is 9.53 Å². The first-order chi connectivity index (χ1) is 19.4. The first kappa shape index (κ1) is 28.9. The van der Waals surface area contributed by atoms with Crippen molar-refractivity contribution in [3.8, 4) is 5.75 Å². The number of furan rings is 1. The summed E-state index contributed by atoms with van der Waals surface area (Å²) < 4.78 is 20.8. The summed E-state index contributed by atoms with van der Waals surface area (Å²) in [5.41, 5.74) is 1.52. The van der Waals surface area contributed by atoms with E-state index in [1.54, 1.807) is 24.7 Å². The second-order valence-electron chi connectivity index (χ2n) is 9.66.